The van der Waals surface area contributed by atoms with Crippen molar-refractivity contribution in [3.63, 3.8) is 0 Å². The number of nitrogens with zero attached hydrogens (tertiary/aromatic N) is 1. The Bertz CT molecular complexity index is 323. The van der Waals surface area contributed by atoms with Crippen molar-refractivity contribution < 1.29 is 14.4 Å². The van der Waals surface area contributed by atoms with Gasteiger partial charge in [0.15, 0.2) is 5.78 Å². The van der Waals surface area contributed by atoms with Crippen LogP contribution in [0.2, 0.25) is 0 Å². The highest BCUT2D eigenvalue weighted by Gasteiger charge is 2.31. The van der Waals surface area contributed by atoms with Gasteiger partial charge in [0.2, 0.25) is 11.8 Å². The molecular weight excluding hydrogens is 196 g/mol. The third kappa shape index (κ3) is 2.90. The summed E-state index contributed by atoms with van der Waals surface area (Å²) in [5.74, 6) is -1.01. The van der Waals surface area contributed by atoms with E-state index < -0.39 is 11.9 Å². The zero-order chi connectivity index (χ0) is 11.4. The molecule has 82 valence electrons. The van der Waals surface area contributed by atoms with Crippen molar-refractivity contribution in [2.75, 3.05) is 6.54 Å². The molecule has 0 saturated carbocycles. The van der Waals surface area contributed by atoms with E-state index in [4.69, 9.17) is 5.73 Å². The van der Waals surface area contributed by atoms with Crippen LogP contribution in [-0.4, -0.2) is 35.1 Å². The Morgan fingerprint density at radius 1 is 1.33 bits per heavy atom. The van der Waals surface area contributed by atoms with E-state index in [0.29, 0.717) is 13.0 Å². The average Bonchev–Trinajstić information content (AvgIpc) is 2.62. The molecule has 0 radical (unpaired) electrons. The van der Waals surface area contributed by atoms with Gasteiger partial charge in [-0.25, -0.2) is 0 Å². The van der Waals surface area contributed by atoms with Crippen LogP contribution in [0.5, 0.6) is 0 Å². The van der Waals surface area contributed by atoms with Crippen molar-refractivity contribution in [2.24, 2.45) is 5.73 Å². The van der Waals surface area contributed by atoms with Crippen LogP contribution < -0.4 is 5.73 Å². The number of allylic oxidation sites excluding steroid dienone is 1. The topological polar surface area (TPSA) is 80.5 Å². The van der Waals surface area contributed by atoms with Gasteiger partial charge in [-0.2, -0.15) is 0 Å². The second-order valence-electron chi connectivity index (χ2n) is 3.54. The number of rotatable bonds is 3. The second-order valence-corrected chi connectivity index (χ2v) is 3.54. The van der Waals surface area contributed by atoms with Gasteiger partial charge < -0.3 is 10.6 Å². The Kier molecular flexibility index (Phi) is 3.60. The Morgan fingerprint density at radius 3 is 2.53 bits per heavy atom. The van der Waals surface area contributed by atoms with Gasteiger partial charge in [0.1, 0.15) is 6.04 Å². The number of carbonyl (C=O) groups is 3. The summed E-state index contributed by atoms with van der Waals surface area (Å²) in [6.45, 7) is 1.88. The Hall–Kier alpha value is -1.65. The summed E-state index contributed by atoms with van der Waals surface area (Å²) < 4.78 is 0. The molecular formula is C10H14N2O3. The monoisotopic (exact) mass is 210 g/mol. The first-order valence-electron chi connectivity index (χ1n) is 4.81. The highest BCUT2D eigenvalue weighted by Crippen LogP contribution is 2.16. The third-order valence-corrected chi connectivity index (χ3v) is 2.32. The van der Waals surface area contributed by atoms with Crippen LogP contribution in [0.15, 0.2) is 12.2 Å². The lowest BCUT2D eigenvalue weighted by Gasteiger charge is -2.20. The van der Waals surface area contributed by atoms with E-state index in [1.165, 1.54) is 24.0 Å². The number of carbonyl (C=O) groups excluding carboxylic acids is 3. The van der Waals surface area contributed by atoms with E-state index in [1.54, 1.807) is 0 Å². The molecule has 15 heavy (non-hydrogen) atoms. The van der Waals surface area contributed by atoms with Gasteiger partial charge in [-0.3, -0.25) is 14.4 Å². The van der Waals surface area contributed by atoms with E-state index in [2.05, 4.69) is 0 Å². The average molecular weight is 210 g/mol. The second kappa shape index (κ2) is 4.72. The van der Waals surface area contributed by atoms with E-state index in [-0.39, 0.29) is 11.7 Å². The van der Waals surface area contributed by atoms with E-state index in [1.807, 2.05) is 0 Å². The van der Waals surface area contributed by atoms with Crippen molar-refractivity contribution >= 4 is 17.6 Å². The number of hydrogen-bond acceptors (Lipinski definition) is 3. The molecule has 2 amide bonds. The smallest absolute Gasteiger partial charge is 0.247 e. The van der Waals surface area contributed by atoms with Crippen molar-refractivity contribution in [3.8, 4) is 0 Å². The summed E-state index contributed by atoms with van der Waals surface area (Å²) in [4.78, 5) is 34.6. The van der Waals surface area contributed by atoms with Crippen LogP contribution in [0.25, 0.3) is 0 Å². The normalized spacial score (nSPS) is 20.9. The lowest BCUT2D eigenvalue weighted by Crippen LogP contribution is -2.43. The minimum absolute atomic E-state index is 0.196. The van der Waals surface area contributed by atoms with Gasteiger partial charge in [0, 0.05) is 12.6 Å². The van der Waals surface area contributed by atoms with E-state index >= 15 is 0 Å². The minimum atomic E-state index is -0.519. The summed E-state index contributed by atoms with van der Waals surface area (Å²) in [6.07, 6.45) is 3.75. The molecule has 1 unspecified atom stereocenters. The first kappa shape index (κ1) is 11.4. The predicted octanol–water partition coefficient (Wildman–Crippen LogP) is -0.392. The molecule has 1 heterocycles. The molecule has 0 bridgehead atoms. The molecule has 1 rings (SSSR count). The van der Waals surface area contributed by atoms with E-state index in [9.17, 15) is 14.4 Å². The van der Waals surface area contributed by atoms with Crippen LogP contribution in [0.3, 0.4) is 0 Å². The molecule has 2 N–H and O–H groups in total. The van der Waals surface area contributed by atoms with Crippen LogP contribution in [0.1, 0.15) is 19.8 Å². The molecule has 1 atom stereocenters. The van der Waals surface area contributed by atoms with Crippen molar-refractivity contribution in [3.05, 3.63) is 12.2 Å². The van der Waals surface area contributed by atoms with Crippen molar-refractivity contribution in [1.29, 1.82) is 0 Å². The molecule has 1 aliphatic heterocycles. The van der Waals surface area contributed by atoms with Crippen LogP contribution in [0.4, 0.5) is 0 Å². The van der Waals surface area contributed by atoms with Crippen LogP contribution in [-0.2, 0) is 14.4 Å². The predicted molar refractivity (Wildman–Crippen MR) is 53.8 cm³/mol. The fourth-order valence-corrected chi connectivity index (χ4v) is 1.61. The van der Waals surface area contributed by atoms with Crippen LogP contribution in [0, 0.1) is 0 Å². The number of primary amides is 1. The highest BCUT2D eigenvalue weighted by molar-refractivity contribution is 5.98. The molecule has 0 aliphatic carbocycles. The Labute approximate surface area is 87.9 Å². The quantitative estimate of drug-likeness (QED) is 0.644. The molecule has 5 heteroatoms. The number of hydrogen-bond donors (Lipinski definition) is 1. The SMILES string of the molecule is CC(=O)/C=C/C(=O)N1CCCC1C(N)=O. The first-order valence-corrected chi connectivity index (χ1v) is 4.81. The van der Waals surface area contributed by atoms with Crippen molar-refractivity contribution in [2.45, 2.75) is 25.8 Å². The number of nitrogens with two attached hydrogens (primary N) is 1. The number of amides is 2. The van der Waals surface area contributed by atoms with Gasteiger partial charge in [0.25, 0.3) is 0 Å². The summed E-state index contributed by atoms with van der Waals surface area (Å²) in [7, 11) is 0. The molecule has 0 spiro atoms. The molecule has 0 aromatic heterocycles. The Morgan fingerprint density at radius 2 is 2.00 bits per heavy atom. The van der Waals surface area contributed by atoms with Gasteiger partial charge in [-0.05, 0) is 25.8 Å². The minimum Gasteiger partial charge on any atom is -0.368 e. The van der Waals surface area contributed by atoms with Gasteiger partial charge in [-0.1, -0.05) is 0 Å². The molecule has 1 saturated heterocycles. The van der Waals surface area contributed by atoms with E-state index in [0.717, 1.165) is 6.42 Å². The highest BCUT2D eigenvalue weighted by atomic mass is 16.2. The molecule has 5 nitrogen and oxygen atoms in total. The lowest BCUT2D eigenvalue weighted by molar-refractivity contribution is -0.133. The molecule has 1 fully saturated rings. The summed E-state index contributed by atoms with van der Waals surface area (Å²) >= 11 is 0. The zero-order valence-electron chi connectivity index (χ0n) is 8.60. The third-order valence-electron chi connectivity index (χ3n) is 2.32. The lowest BCUT2D eigenvalue weighted by atomic mass is 10.2. The standard InChI is InChI=1S/C10H14N2O3/c1-7(13)4-5-9(14)12-6-2-3-8(12)10(11)15/h4-5,8H,2-3,6H2,1H3,(H2,11,15)/b5-4+. The molecule has 1 aliphatic rings. The first-order chi connectivity index (χ1) is 7.02. The number of likely N-dealkylation sites (tertiary alicyclic amines) is 1. The van der Waals surface area contributed by atoms with Gasteiger partial charge in [-0.15, -0.1) is 0 Å². The number of ketones is 1. The zero-order valence-corrected chi connectivity index (χ0v) is 8.60. The summed E-state index contributed by atoms with van der Waals surface area (Å²) in [5, 5.41) is 0. The summed E-state index contributed by atoms with van der Waals surface area (Å²) in [5.41, 5.74) is 5.16. The Balaban J connectivity index is 2.66. The van der Waals surface area contributed by atoms with Crippen LogP contribution >= 0.6 is 0 Å². The molecule has 0 aromatic rings. The fourth-order valence-electron chi connectivity index (χ4n) is 1.61. The maximum absolute atomic E-state index is 11.5. The largest absolute Gasteiger partial charge is 0.368 e. The maximum Gasteiger partial charge on any atom is 0.247 e. The maximum atomic E-state index is 11.5. The summed E-state index contributed by atoms with van der Waals surface area (Å²) in [6, 6.07) is -0.519. The molecule has 0 aromatic carbocycles. The fraction of sp³-hybridized carbons (Fsp3) is 0.500. The van der Waals surface area contributed by atoms with Gasteiger partial charge in [0.05, 0.1) is 0 Å². The van der Waals surface area contributed by atoms with Crippen molar-refractivity contribution in [1.82, 2.24) is 4.90 Å². The van der Waals surface area contributed by atoms with Gasteiger partial charge >= 0.3 is 0 Å².